The maximum Gasteiger partial charge on any atom is 0.323 e. The van der Waals surface area contributed by atoms with Crippen LogP contribution >= 0.6 is 11.3 Å². The zero-order chi connectivity index (χ0) is 11.4. The van der Waals surface area contributed by atoms with E-state index in [1.165, 1.54) is 13.0 Å². The lowest BCUT2D eigenvalue weighted by Crippen LogP contribution is -1.94. The minimum Gasteiger partial charge on any atom is -0.466 e. The van der Waals surface area contributed by atoms with E-state index in [0.717, 1.165) is 11.3 Å². The molecule has 0 spiro atoms. The summed E-state index contributed by atoms with van der Waals surface area (Å²) in [5.41, 5.74) is -0.222. The van der Waals surface area contributed by atoms with Crippen LogP contribution in [0.2, 0.25) is 0 Å². The first-order chi connectivity index (χ1) is 7.06. The number of rotatable bonds is 4. The first kappa shape index (κ1) is 11.2. The van der Waals surface area contributed by atoms with Crippen molar-refractivity contribution < 1.29 is 14.5 Å². The van der Waals surface area contributed by atoms with Crippen LogP contribution in [0.15, 0.2) is 6.07 Å². The number of hydrogen-bond donors (Lipinski definition) is 0. The number of ether oxygens (including phenoxy) is 1. The van der Waals surface area contributed by atoms with E-state index in [0.29, 0.717) is 0 Å². The average molecular weight is 225 g/mol. The third-order valence-corrected chi connectivity index (χ3v) is 2.65. The summed E-state index contributed by atoms with van der Waals surface area (Å²) in [4.78, 5) is 21.3. The Hall–Kier alpha value is -1.87. The highest BCUT2D eigenvalue weighted by Gasteiger charge is 2.21. The Bertz CT molecular complexity index is 443. The van der Waals surface area contributed by atoms with Crippen molar-refractivity contribution in [3.05, 3.63) is 21.1 Å². The molecule has 0 fully saturated rings. The van der Waals surface area contributed by atoms with Crippen LogP contribution in [0.4, 0.5) is 5.69 Å². The predicted octanol–water partition coefficient (Wildman–Crippen LogP) is 1.87. The number of thiophene rings is 1. The Labute approximate surface area is 89.8 Å². The summed E-state index contributed by atoms with van der Waals surface area (Å²) < 4.78 is 4.97. The monoisotopic (exact) mass is 225 g/mol. The van der Waals surface area contributed by atoms with Gasteiger partial charge in [-0.25, -0.2) is 0 Å². The molecule has 0 aliphatic rings. The molecular formula is C9H7NO4S. The van der Waals surface area contributed by atoms with Crippen molar-refractivity contribution in [1.82, 2.24) is 0 Å². The number of terminal acetylenes is 1. The molecule has 1 heterocycles. The van der Waals surface area contributed by atoms with E-state index in [4.69, 9.17) is 11.2 Å². The zero-order valence-electron chi connectivity index (χ0n) is 7.85. The van der Waals surface area contributed by atoms with E-state index in [9.17, 15) is 14.9 Å². The molecule has 0 saturated carbocycles. The van der Waals surface area contributed by atoms with Gasteiger partial charge in [0.1, 0.15) is 6.61 Å². The number of nitro groups is 1. The molecule has 0 bridgehead atoms. The van der Waals surface area contributed by atoms with Gasteiger partial charge in [-0.05, 0) is 6.92 Å². The third-order valence-electron chi connectivity index (χ3n) is 1.51. The van der Waals surface area contributed by atoms with Crippen LogP contribution in [0.3, 0.4) is 0 Å². The summed E-state index contributed by atoms with van der Waals surface area (Å²) in [6, 6.07) is 1.19. The van der Waals surface area contributed by atoms with Crippen molar-refractivity contribution in [2.75, 3.05) is 6.61 Å². The summed E-state index contributed by atoms with van der Waals surface area (Å²) in [5, 5.41) is 10.7. The minimum absolute atomic E-state index is 0.0568. The highest BCUT2D eigenvalue weighted by Crippen LogP contribution is 2.36. The van der Waals surface area contributed by atoms with Crippen molar-refractivity contribution >= 4 is 22.8 Å². The summed E-state index contributed by atoms with van der Waals surface area (Å²) in [7, 11) is 0. The molecule has 0 unspecified atom stereocenters. The smallest absolute Gasteiger partial charge is 0.323 e. The van der Waals surface area contributed by atoms with Gasteiger partial charge in [0.25, 0.3) is 5.06 Å². The Morgan fingerprint density at radius 1 is 1.80 bits per heavy atom. The highest BCUT2D eigenvalue weighted by molar-refractivity contribution is 7.16. The fourth-order valence-electron chi connectivity index (χ4n) is 0.876. The second kappa shape index (κ2) is 4.57. The lowest BCUT2D eigenvalue weighted by Gasteiger charge is -1.95. The molecule has 1 aromatic rings. The molecule has 5 nitrogen and oxygen atoms in total. The third kappa shape index (κ3) is 2.54. The Balaban J connectivity index is 3.07. The lowest BCUT2D eigenvalue weighted by atomic mass is 10.3. The number of nitrogens with zero attached hydrogens (tertiary/aromatic N) is 1. The van der Waals surface area contributed by atoms with Gasteiger partial charge >= 0.3 is 5.69 Å². The Morgan fingerprint density at radius 3 is 2.93 bits per heavy atom. The molecule has 0 amide bonds. The Morgan fingerprint density at radius 2 is 2.47 bits per heavy atom. The number of Topliss-reactive ketones (excluding diaryl/α,β-unsaturated/α-hetero) is 1. The normalized spacial score (nSPS) is 9.33. The summed E-state index contributed by atoms with van der Waals surface area (Å²) in [6.07, 6.45) is 4.96. The molecule has 78 valence electrons. The molecule has 0 N–H and O–H groups in total. The standard InChI is InChI=1S/C9H7NO4S/c1-3-4-14-9-7(10(12)13)5-8(15-9)6(2)11/h1,5H,4H2,2H3. The fraction of sp³-hybridized carbons (Fsp3) is 0.222. The van der Waals surface area contributed by atoms with Gasteiger partial charge in [-0.3, -0.25) is 14.9 Å². The number of carbonyl (C=O) groups excluding carboxylic acids is 1. The molecule has 6 heteroatoms. The second-order valence-corrected chi connectivity index (χ2v) is 3.60. The lowest BCUT2D eigenvalue weighted by molar-refractivity contribution is -0.385. The van der Waals surface area contributed by atoms with Gasteiger partial charge in [0.05, 0.1) is 9.80 Å². The molecule has 0 aliphatic carbocycles. The van der Waals surface area contributed by atoms with E-state index in [2.05, 4.69) is 5.92 Å². The van der Waals surface area contributed by atoms with Crippen LogP contribution in [0, 0.1) is 22.5 Å². The van der Waals surface area contributed by atoms with Crippen LogP contribution in [0.25, 0.3) is 0 Å². The van der Waals surface area contributed by atoms with Crippen LogP contribution in [-0.4, -0.2) is 17.3 Å². The molecular weight excluding hydrogens is 218 g/mol. The van der Waals surface area contributed by atoms with E-state index in [1.54, 1.807) is 0 Å². The second-order valence-electron chi connectivity index (χ2n) is 2.59. The SMILES string of the molecule is C#CCOc1sc(C(C)=O)cc1[N+](=O)[O-]. The van der Waals surface area contributed by atoms with Crippen LogP contribution in [-0.2, 0) is 0 Å². The first-order valence-electron chi connectivity index (χ1n) is 3.91. The van der Waals surface area contributed by atoms with Gasteiger partial charge in [0.2, 0.25) is 0 Å². The molecule has 0 aliphatic heterocycles. The van der Waals surface area contributed by atoms with Gasteiger partial charge < -0.3 is 4.74 Å². The zero-order valence-corrected chi connectivity index (χ0v) is 8.67. The van der Waals surface area contributed by atoms with E-state index < -0.39 is 4.92 Å². The largest absolute Gasteiger partial charge is 0.466 e. The van der Waals surface area contributed by atoms with Gasteiger partial charge in [-0.1, -0.05) is 17.3 Å². The van der Waals surface area contributed by atoms with Gasteiger partial charge in [-0.2, -0.15) is 0 Å². The van der Waals surface area contributed by atoms with Crippen molar-refractivity contribution in [1.29, 1.82) is 0 Å². The van der Waals surface area contributed by atoms with Gasteiger partial charge in [0, 0.05) is 6.07 Å². The highest BCUT2D eigenvalue weighted by atomic mass is 32.1. The van der Waals surface area contributed by atoms with Gasteiger partial charge in [0.15, 0.2) is 5.78 Å². The molecule has 1 aromatic heterocycles. The number of carbonyl (C=O) groups is 1. The quantitative estimate of drug-likeness (QED) is 0.339. The molecule has 1 rings (SSSR count). The van der Waals surface area contributed by atoms with Crippen LogP contribution in [0.5, 0.6) is 5.06 Å². The van der Waals surface area contributed by atoms with Crippen molar-refractivity contribution in [2.24, 2.45) is 0 Å². The summed E-state index contributed by atoms with van der Waals surface area (Å²) >= 11 is 0.927. The van der Waals surface area contributed by atoms with Crippen molar-refractivity contribution in [3.8, 4) is 17.4 Å². The molecule has 0 radical (unpaired) electrons. The van der Waals surface area contributed by atoms with Gasteiger partial charge in [-0.15, -0.1) is 6.42 Å². The van der Waals surface area contributed by atoms with E-state index in [1.807, 2.05) is 0 Å². The molecule has 15 heavy (non-hydrogen) atoms. The predicted molar refractivity (Wildman–Crippen MR) is 55.3 cm³/mol. The molecule has 0 saturated heterocycles. The van der Waals surface area contributed by atoms with Crippen LogP contribution < -0.4 is 4.74 Å². The van der Waals surface area contributed by atoms with E-state index >= 15 is 0 Å². The molecule has 0 aromatic carbocycles. The van der Waals surface area contributed by atoms with Crippen LogP contribution in [0.1, 0.15) is 16.6 Å². The fourth-order valence-corrected chi connectivity index (χ4v) is 1.75. The number of ketones is 1. The van der Waals surface area contributed by atoms with Crippen molar-refractivity contribution in [2.45, 2.75) is 6.92 Å². The maximum atomic E-state index is 11.0. The topological polar surface area (TPSA) is 69.4 Å². The summed E-state index contributed by atoms with van der Waals surface area (Å²) in [6.45, 7) is 1.28. The molecule has 0 atom stereocenters. The summed E-state index contributed by atoms with van der Waals surface area (Å²) in [5.74, 6) is 1.96. The Kier molecular flexibility index (Phi) is 3.42. The number of hydrogen-bond acceptors (Lipinski definition) is 5. The first-order valence-corrected chi connectivity index (χ1v) is 4.73. The average Bonchev–Trinajstić information content (AvgIpc) is 2.58. The van der Waals surface area contributed by atoms with Crippen molar-refractivity contribution in [3.63, 3.8) is 0 Å². The maximum absolute atomic E-state index is 11.0. The van der Waals surface area contributed by atoms with E-state index in [-0.39, 0.29) is 28.0 Å². The minimum atomic E-state index is -0.602.